The van der Waals surface area contributed by atoms with Crippen molar-refractivity contribution in [2.45, 2.75) is 26.7 Å². The standard InChI is InChI=1S/C15H23N3O3/c1-14(2)10-4-5-15(14,12(20)11(10)19)13(21)16-18-8-6-17(3)7-9-18/h10H,4-9H2,1-3H3,(H,16,21). The van der Waals surface area contributed by atoms with E-state index in [-0.39, 0.29) is 17.6 Å². The molecule has 0 aromatic heterocycles. The number of nitrogens with zero attached hydrogens (tertiary/aromatic N) is 2. The molecular formula is C15H23N3O3. The van der Waals surface area contributed by atoms with E-state index in [9.17, 15) is 14.4 Å². The Bertz CT molecular complexity index is 508. The summed E-state index contributed by atoms with van der Waals surface area (Å²) in [5.74, 6) is -1.39. The maximum absolute atomic E-state index is 12.8. The van der Waals surface area contributed by atoms with Gasteiger partial charge in [-0.1, -0.05) is 13.8 Å². The number of carbonyl (C=O) groups excluding carboxylic acids is 3. The van der Waals surface area contributed by atoms with Gasteiger partial charge in [-0.15, -0.1) is 0 Å². The molecule has 0 aromatic rings. The minimum atomic E-state index is -1.15. The fourth-order valence-corrected chi connectivity index (χ4v) is 4.24. The molecule has 21 heavy (non-hydrogen) atoms. The van der Waals surface area contributed by atoms with Gasteiger partial charge in [0.15, 0.2) is 0 Å². The summed E-state index contributed by atoms with van der Waals surface area (Å²) < 4.78 is 0. The summed E-state index contributed by atoms with van der Waals surface area (Å²) in [6.45, 7) is 7.01. The molecule has 3 aliphatic rings. The quantitative estimate of drug-likeness (QED) is 0.566. The molecule has 1 aliphatic heterocycles. The summed E-state index contributed by atoms with van der Waals surface area (Å²) in [6, 6.07) is 0. The zero-order valence-corrected chi connectivity index (χ0v) is 12.9. The lowest BCUT2D eigenvalue weighted by atomic mass is 9.68. The van der Waals surface area contributed by atoms with Gasteiger partial charge in [-0.2, -0.15) is 0 Å². The van der Waals surface area contributed by atoms with Gasteiger partial charge in [0, 0.05) is 32.1 Å². The number of Topliss-reactive ketones (excluding diaryl/α,β-unsaturated/α-hetero) is 2. The number of piperazine rings is 1. The fourth-order valence-electron chi connectivity index (χ4n) is 4.24. The lowest BCUT2D eigenvalue weighted by Crippen LogP contribution is -2.59. The zero-order chi connectivity index (χ0) is 15.4. The Labute approximate surface area is 124 Å². The Hall–Kier alpha value is -1.27. The molecule has 0 spiro atoms. The topological polar surface area (TPSA) is 69.7 Å². The molecule has 1 heterocycles. The van der Waals surface area contributed by atoms with Crippen LogP contribution in [0.25, 0.3) is 0 Å². The molecule has 2 saturated carbocycles. The van der Waals surface area contributed by atoms with E-state index in [0.717, 1.165) is 26.2 Å². The molecule has 2 atom stereocenters. The number of hydrogen-bond acceptors (Lipinski definition) is 5. The molecule has 3 fully saturated rings. The summed E-state index contributed by atoms with van der Waals surface area (Å²) in [5.41, 5.74) is 1.17. The van der Waals surface area contributed by atoms with Gasteiger partial charge in [-0.3, -0.25) is 19.8 Å². The van der Waals surface area contributed by atoms with Crippen LogP contribution in [0.3, 0.4) is 0 Å². The number of likely N-dealkylation sites (N-methyl/N-ethyl adjacent to an activating group) is 1. The number of amides is 1. The minimum Gasteiger partial charge on any atom is -0.304 e. The molecular weight excluding hydrogens is 270 g/mol. The Morgan fingerprint density at radius 1 is 1.19 bits per heavy atom. The maximum Gasteiger partial charge on any atom is 0.249 e. The van der Waals surface area contributed by atoms with Crippen LogP contribution in [0.1, 0.15) is 26.7 Å². The summed E-state index contributed by atoms with van der Waals surface area (Å²) in [4.78, 5) is 39.5. The van der Waals surface area contributed by atoms with E-state index in [2.05, 4.69) is 10.3 Å². The Morgan fingerprint density at radius 2 is 1.81 bits per heavy atom. The minimum absolute atomic E-state index is 0.282. The van der Waals surface area contributed by atoms with Crippen LogP contribution in [0.2, 0.25) is 0 Å². The number of nitrogens with one attached hydrogen (secondary N) is 1. The second-order valence-corrected chi connectivity index (χ2v) is 7.14. The maximum atomic E-state index is 12.8. The second-order valence-electron chi connectivity index (χ2n) is 7.14. The third kappa shape index (κ3) is 1.82. The molecule has 1 saturated heterocycles. The van der Waals surface area contributed by atoms with Crippen molar-refractivity contribution in [3.05, 3.63) is 0 Å². The first-order valence-corrected chi connectivity index (χ1v) is 7.64. The van der Waals surface area contributed by atoms with Crippen LogP contribution < -0.4 is 5.43 Å². The molecule has 6 nitrogen and oxygen atoms in total. The summed E-state index contributed by atoms with van der Waals surface area (Å²) in [7, 11) is 2.04. The van der Waals surface area contributed by atoms with Crippen molar-refractivity contribution in [1.29, 1.82) is 0 Å². The van der Waals surface area contributed by atoms with Crippen molar-refractivity contribution in [3.63, 3.8) is 0 Å². The highest BCUT2D eigenvalue weighted by atomic mass is 16.2. The predicted molar refractivity (Wildman–Crippen MR) is 76.2 cm³/mol. The molecule has 1 N–H and O–H groups in total. The van der Waals surface area contributed by atoms with Crippen molar-refractivity contribution >= 4 is 17.5 Å². The van der Waals surface area contributed by atoms with E-state index in [1.54, 1.807) is 0 Å². The van der Waals surface area contributed by atoms with Crippen LogP contribution in [-0.2, 0) is 14.4 Å². The Kier molecular flexibility index (Phi) is 3.22. The van der Waals surface area contributed by atoms with Gasteiger partial charge in [0.05, 0.1) is 0 Å². The number of rotatable bonds is 2. The highest BCUT2D eigenvalue weighted by Gasteiger charge is 2.72. The van der Waals surface area contributed by atoms with Gasteiger partial charge < -0.3 is 4.90 Å². The van der Waals surface area contributed by atoms with E-state index in [0.29, 0.717) is 12.8 Å². The number of ketones is 2. The van der Waals surface area contributed by atoms with Crippen molar-refractivity contribution in [1.82, 2.24) is 15.3 Å². The SMILES string of the molecule is CN1CCN(NC(=O)C23CCC(C(=O)C2=O)C3(C)C)CC1. The van der Waals surface area contributed by atoms with Crippen molar-refractivity contribution < 1.29 is 14.4 Å². The molecule has 2 aliphatic carbocycles. The smallest absolute Gasteiger partial charge is 0.249 e. The van der Waals surface area contributed by atoms with Gasteiger partial charge in [-0.05, 0) is 25.3 Å². The normalized spacial score (nSPS) is 36.2. The van der Waals surface area contributed by atoms with E-state index in [1.165, 1.54) is 0 Å². The van der Waals surface area contributed by atoms with Gasteiger partial charge in [0.2, 0.25) is 17.5 Å². The van der Waals surface area contributed by atoms with Gasteiger partial charge >= 0.3 is 0 Å². The van der Waals surface area contributed by atoms with Crippen LogP contribution in [0.15, 0.2) is 0 Å². The van der Waals surface area contributed by atoms with Crippen molar-refractivity contribution in [3.8, 4) is 0 Å². The molecule has 6 heteroatoms. The molecule has 1 amide bonds. The molecule has 3 rings (SSSR count). The predicted octanol–water partition coefficient (Wildman–Crippen LogP) is -0.161. The van der Waals surface area contributed by atoms with Gasteiger partial charge in [-0.25, -0.2) is 5.01 Å². The van der Waals surface area contributed by atoms with Crippen LogP contribution in [0.5, 0.6) is 0 Å². The fraction of sp³-hybridized carbons (Fsp3) is 0.800. The third-order valence-electron chi connectivity index (χ3n) is 5.86. The molecule has 2 bridgehead atoms. The molecule has 0 radical (unpaired) electrons. The second kappa shape index (κ2) is 4.61. The Morgan fingerprint density at radius 3 is 2.33 bits per heavy atom. The highest BCUT2D eigenvalue weighted by molar-refractivity contribution is 6.47. The Balaban J connectivity index is 1.80. The van der Waals surface area contributed by atoms with E-state index >= 15 is 0 Å². The summed E-state index contributed by atoms with van der Waals surface area (Å²) in [6.07, 6.45) is 1.14. The number of hydrogen-bond donors (Lipinski definition) is 1. The molecule has 2 unspecified atom stereocenters. The van der Waals surface area contributed by atoms with Gasteiger partial charge in [0.25, 0.3) is 0 Å². The van der Waals surface area contributed by atoms with Gasteiger partial charge in [0.1, 0.15) is 5.41 Å². The monoisotopic (exact) mass is 293 g/mol. The lowest BCUT2D eigenvalue weighted by Gasteiger charge is -2.38. The van der Waals surface area contributed by atoms with Crippen LogP contribution in [0, 0.1) is 16.7 Å². The summed E-state index contributed by atoms with van der Waals surface area (Å²) in [5, 5.41) is 1.87. The lowest BCUT2D eigenvalue weighted by molar-refractivity contribution is -0.152. The number of carbonyl (C=O) groups is 3. The average Bonchev–Trinajstić information content (AvgIpc) is 2.78. The largest absolute Gasteiger partial charge is 0.304 e. The average molecular weight is 293 g/mol. The first kappa shape index (κ1) is 14.7. The van der Waals surface area contributed by atoms with E-state index < -0.39 is 16.6 Å². The molecule has 116 valence electrons. The van der Waals surface area contributed by atoms with E-state index in [4.69, 9.17) is 0 Å². The summed E-state index contributed by atoms with van der Waals surface area (Å²) >= 11 is 0. The van der Waals surface area contributed by atoms with Crippen LogP contribution >= 0.6 is 0 Å². The number of hydrazine groups is 1. The molecule has 0 aromatic carbocycles. The first-order valence-electron chi connectivity index (χ1n) is 7.64. The third-order valence-corrected chi connectivity index (χ3v) is 5.86. The van der Waals surface area contributed by atoms with Crippen molar-refractivity contribution in [2.75, 3.05) is 33.2 Å². The first-order chi connectivity index (χ1) is 9.80. The van der Waals surface area contributed by atoms with Crippen LogP contribution in [-0.4, -0.2) is 60.6 Å². The highest BCUT2D eigenvalue weighted by Crippen LogP contribution is 2.62. The van der Waals surface area contributed by atoms with E-state index in [1.807, 2.05) is 25.9 Å². The van der Waals surface area contributed by atoms with Crippen LogP contribution in [0.4, 0.5) is 0 Å². The zero-order valence-electron chi connectivity index (χ0n) is 12.9. The number of fused-ring (bicyclic) bond motifs is 2. The van der Waals surface area contributed by atoms with Crippen molar-refractivity contribution in [2.24, 2.45) is 16.7 Å².